The number of hydrogen-bond acceptors (Lipinski definition) is 8. The average Bonchev–Trinajstić information content (AvgIpc) is 3.27. The number of ether oxygens (including phenoxy) is 3. The van der Waals surface area contributed by atoms with Gasteiger partial charge in [-0.2, -0.15) is 0 Å². The summed E-state index contributed by atoms with van der Waals surface area (Å²) < 4.78 is 16.3. The first-order valence-electron chi connectivity index (χ1n) is 7.53. The molecule has 0 saturated heterocycles. The lowest BCUT2D eigenvalue weighted by Crippen LogP contribution is -2.17. The second-order valence-electron chi connectivity index (χ2n) is 5.21. The molecule has 0 unspecified atom stereocenters. The van der Waals surface area contributed by atoms with Crippen molar-refractivity contribution in [3.63, 3.8) is 0 Å². The molecular formula is C17H14BrNO6S. The van der Waals surface area contributed by atoms with Crippen LogP contribution >= 0.6 is 27.3 Å². The number of oxime groups is 1. The lowest BCUT2D eigenvalue weighted by molar-refractivity contribution is -0.147. The zero-order valence-electron chi connectivity index (χ0n) is 13.7. The van der Waals surface area contributed by atoms with Crippen LogP contribution in [0.1, 0.15) is 22.2 Å². The van der Waals surface area contributed by atoms with E-state index in [0.29, 0.717) is 22.1 Å². The van der Waals surface area contributed by atoms with Gasteiger partial charge in [-0.15, -0.1) is 11.3 Å². The number of halogens is 1. The number of ketones is 1. The Morgan fingerprint density at radius 2 is 2.00 bits per heavy atom. The molecule has 0 bridgehead atoms. The van der Waals surface area contributed by atoms with Crippen LogP contribution in [0.15, 0.2) is 39.3 Å². The van der Waals surface area contributed by atoms with Gasteiger partial charge in [0.15, 0.2) is 18.1 Å². The SMILES string of the molecule is CC(=NOCC(=O)OCC(=O)c1ccc(Br)s1)c1ccc2c(c1)OCO2. The molecule has 9 heteroatoms. The maximum absolute atomic E-state index is 11.8. The van der Waals surface area contributed by atoms with E-state index in [1.54, 1.807) is 31.2 Å². The van der Waals surface area contributed by atoms with Crippen molar-refractivity contribution in [1.82, 2.24) is 0 Å². The number of thiophene rings is 1. The summed E-state index contributed by atoms with van der Waals surface area (Å²) in [5.41, 5.74) is 1.34. The molecule has 0 N–H and O–H groups in total. The van der Waals surface area contributed by atoms with Crippen LogP contribution in [0, 0.1) is 0 Å². The van der Waals surface area contributed by atoms with E-state index in [4.69, 9.17) is 19.0 Å². The molecule has 7 nitrogen and oxygen atoms in total. The summed E-state index contributed by atoms with van der Waals surface area (Å²) >= 11 is 4.55. The van der Waals surface area contributed by atoms with E-state index in [2.05, 4.69) is 21.1 Å². The van der Waals surface area contributed by atoms with E-state index < -0.39 is 5.97 Å². The topological polar surface area (TPSA) is 83.4 Å². The van der Waals surface area contributed by atoms with E-state index in [0.717, 1.165) is 9.35 Å². The molecule has 0 atom stereocenters. The molecule has 1 aromatic carbocycles. The summed E-state index contributed by atoms with van der Waals surface area (Å²) in [6, 6.07) is 8.79. The number of esters is 1. The first kappa shape index (κ1) is 18.4. The standard InChI is InChI=1S/C17H14BrNO6S/c1-10(11-2-3-13-14(6-11)24-9-23-13)19-25-8-17(21)22-7-12(20)15-4-5-16(18)26-15/h2-6H,7-9H2,1H3. The molecule has 3 rings (SSSR count). The highest BCUT2D eigenvalue weighted by Crippen LogP contribution is 2.32. The van der Waals surface area contributed by atoms with Crippen LogP contribution in [0.25, 0.3) is 0 Å². The molecule has 0 saturated carbocycles. The molecule has 0 spiro atoms. The highest BCUT2D eigenvalue weighted by atomic mass is 79.9. The van der Waals surface area contributed by atoms with Crippen molar-refractivity contribution < 1.29 is 28.6 Å². The summed E-state index contributed by atoms with van der Waals surface area (Å²) in [6.07, 6.45) is 0. The monoisotopic (exact) mass is 439 g/mol. The number of Topliss-reactive ketones (excluding diaryl/α,β-unsaturated/α-hetero) is 1. The molecule has 0 radical (unpaired) electrons. The number of hydrogen-bond donors (Lipinski definition) is 0. The molecule has 1 aromatic heterocycles. The highest BCUT2D eigenvalue weighted by Gasteiger charge is 2.15. The number of carbonyl (C=O) groups excluding carboxylic acids is 2. The predicted molar refractivity (Wildman–Crippen MR) is 98.0 cm³/mol. The second-order valence-corrected chi connectivity index (χ2v) is 7.67. The maximum Gasteiger partial charge on any atom is 0.347 e. The summed E-state index contributed by atoms with van der Waals surface area (Å²) in [6.45, 7) is 1.21. The van der Waals surface area contributed by atoms with E-state index in [1.807, 2.05) is 6.07 Å². The Bertz CT molecular complexity index is 863. The molecule has 1 aliphatic rings. The summed E-state index contributed by atoms with van der Waals surface area (Å²) in [5, 5.41) is 3.88. The summed E-state index contributed by atoms with van der Waals surface area (Å²) in [7, 11) is 0. The fraction of sp³-hybridized carbons (Fsp3) is 0.235. The Hall–Kier alpha value is -2.39. The third kappa shape index (κ3) is 4.61. The van der Waals surface area contributed by atoms with Crippen molar-refractivity contribution in [1.29, 1.82) is 0 Å². The fourth-order valence-corrected chi connectivity index (χ4v) is 3.39. The van der Waals surface area contributed by atoms with Gasteiger partial charge in [-0.25, -0.2) is 4.79 Å². The van der Waals surface area contributed by atoms with Crippen molar-refractivity contribution in [2.45, 2.75) is 6.92 Å². The smallest absolute Gasteiger partial charge is 0.347 e. The third-order valence-electron chi connectivity index (χ3n) is 3.39. The Morgan fingerprint density at radius 3 is 2.77 bits per heavy atom. The van der Waals surface area contributed by atoms with E-state index in [1.165, 1.54) is 11.3 Å². The number of nitrogens with zero attached hydrogens (tertiary/aromatic N) is 1. The van der Waals surface area contributed by atoms with Crippen molar-refractivity contribution in [2.24, 2.45) is 5.16 Å². The number of fused-ring (bicyclic) bond motifs is 1. The van der Waals surface area contributed by atoms with Gasteiger partial charge in [0.1, 0.15) is 0 Å². The Balaban J connectivity index is 1.45. The first-order valence-corrected chi connectivity index (χ1v) is 9.14. The number of benzene rings is 1. The second kappa shape index (κ2) is 8.33. The van der Waals surface area contributed by atoms with Gasteiger partial charge in [0.25, 0.3) is 0 Å². The Kier molecular flexibility index (Phi) is 5.89. The minimum Gasteiger partial charge on any atom is -0.455 e. The average molecular weight is 440 g/mol. The van der Waals surface area contributed by atoms with Gasteiger partial charge in [0.05, 0.1) is 14.4 Å². The zero-order valence-corrected chi connectivity index (χ0v) is 16.1. The van der Waals surface area contributed by atoms with Crippen LogP contribution in [0.5, 0.6) is 11.5 Å². The van der Waals surface area contributed by atoms with Gasteiger partial charge in [-0.3, -0.25) is 4.79 Å². The van der Waals surface area contributed by atoms with Gasteiger partial charge in [-0.05, 0) is 53.2 Å². The number of carbonyl (C=O) groups is 2. The zero-order chi connectivity index (χ0) is 18.5. The van der Waals surface area contributed by atoms with Gasteiger partial charge >= 0.3 is 5.97 Å². The molecule has 136 valence electrons. The van der Waals surface area contributed by atoms with Gasteiger partial charge in [0, 0.05) is 5.56 Å². The van der Waals surface area contributed by atoms with Crippen LogP contribution in [0.3, 0.4) is 0 Å². The quantitative estimate of drug-likeness (QED) is 0.284. The molecule has 0 fully saturated rings. The van der Waals surface area contributed by atoms with Crippen LogP contribution in [0.2, 0.25) is 0 Å². The van der Waals surface area contributed by atoms with Crippen molar-refractivity contribution in [3.8, 4) is 11.5 Å². The minimum atomic E-state index is -0.670. The molecule has 0 amide bonds. The lowest BCUT2D eigenvalue weighted by atomic mass is 10.1. The molecular weight excluding hydrogens is 426 g/mol. The summed E-state index contributed by atoms with van der Waals surface area (Å²) in [5.74, 6) is 0.369. The van der Waals surface area contributed by atoms with E-state index >= 15 is 0 Å². The van der Waals surface area contributed by atoms with Crippen LogP contribution in [0.4, 0.5) is 0 Å². The van der Waals surface area contributed by atoms with E-state index in [-0.39, 0.29) is 25.8 Å². The van der Waals surface area contributed by atoms with Crippen molar-refractivity contribution >= 4 is 44.7 Å². The van der Waals surface area contributed by atoms with Crippen molar-refractivity contribution in [3.05, 3.63) is 44.6 Å². The Labute approximate surface area is 161 Å². The predicted octanol–water partition coefficient (Wildman–Crippen LogP) is 3.41. The van der Waals surface area contributed by atoms with Gasteiger partial charge in [-0.1, -0.05) is 5.16 Å². The molecule has 1 aliphatic heterocycles. The fourth-order valence-electron chi connectivity index (χ4n) is 2.08. The van der Waals surface area contributed by atoms with Gasteiger partial charge in [0.2, 0.25) is 19.2 Å². The van der Waals surface area contributed by atoms with Crippen LogP contribution < -0.4 is 9.47 Å². The maximum atomic E-state index is 11.8. The third-order valence-corrected chi connectivity index (χ3v) is 5.05. The highest BCUT2D eigenvalue weighted by molar-refractivity contribution is 9.11. The minimum absolute atomic E-state index is 0.193. The Morgan fingerprint density at radius 1 is 1.19 bits per heavy atom. The lowest BCUT2D eigenvalue weighted by Gasteiger charge is -2.04. The largest absolute Gasteiger partial charge is 0.455 e. The van der Waals surface area contributed by atoms with Gasteiger partial charge < -0.3 is 19.0 Å². The number of rotatable bonds is 7. The molecule has 0 aliphatic carbocycles. The van der Waals surface area contributed by atoms with E-state index in [9.17, 15) is 9.59 Å². The van der Waals surface area contributed by atoms with Crippen LogP contribution in [-0.2, 0) is 14.4 Å². The summed E-state index contributed by atoms with van der Waals surface area (Å²) in [4.78, 5) is 29.0. The molecule has 2 aromatic rings. The van der Waals surface area contributed by atoms with Crippen molar-refractivity contribution in [2.75, 3.05) is 20.0 Å². The first-order chi connectivity index (χ1) is 12.5. The molecule has 26 heavy (non-hydrogen) atoms. The van der Waals surface area contributed by atoms with Crippen LogP contribution in [-0.4, -0.2) is 37.5 Å². The normalized spacial score (nSPS) is 12.8. The molecule has 2 heterocycles.